The molecule has 4 rings (SSSR count). The molecule has 0 aliphatic heterocycles. The number of hydrogen-bond donors (Lipinski definition) is 1. The Hall–Kier alpha value is -3.85. The fraction of sp³-hybridized carbons (Fsp3) is 0.130. The van der Waals surface area contributed by atoms with E-state index in [0.29, 0.717) is 16.6 Å². The number of nitrogens with zero attached hydrogens (tertiary/aromatic N) is 2. The Kier molecular flexibility index (Phi) is 5.58. The molecular formula is C23H21N3O5S. The normalized spacial score (nSPS) is 11.4. The Morgan fingerprint density at radius 1 is 0.969 bits per heavy atom. The molecule has 1 N–H and O–H groups in total. The van der Waals surface area contributed by atoms with Gasteiger partial charge in [0, 0.05) is 6.54 Å². The van der Waals surface area contributed by atoms with Crippen LogP contribution in [-0.2, 0) is 10.0 Å². The highest BCUT2D eigenvalue weighted by molar-refractivity contribution is 7.92. The number of hydrogen-bond acceptors (Lipinski definition) is 5. The van der Waals surface area contributed by atoms with Gasteiger partial charge in [-0.25, -0.2) is 17.8 Å². The fourth-order valence-corrected chi connectivity index (χ4v) is 5.09. The summed E-state index contributed by atoms with van der Waals surface area (Å²) in [5.41, 5.74) is -0.338. The summed E-state index contributed by atoms with van der Waals surface area (Å²) >= 11 is 0. The van der Waals surface area contributed by atoms with Crippen molar-refractivity contribution in [2.75, 3.05) is 18.0 Å². The first kappa shape index (κ1) is 21.4. The maximum absolute atomic E-state index is 13.4. The highest BCUT2D eigenvalue weighted by Crippen LogP contribution is 2.29. The first-order valence-corrected chi connectivity index (χ1v) is 11.3. The van der Waals surface area contributed by atoms with Gasteiger partial charge in [-0.2, -0.15) is 0 Å². The van der Waals surface area contributed by atoms with Gasteiger partial charge in [-0.1, -0.05) is 30.3 Å². The lowest BCUT2D eigenvalue weighted by Crippen LogP contribution is -2.34. The second-order valence-electron chi connectivity index (χ2n) is 6.96. The zero-order chi connectivity index (χ0) is 22.9. The van der Waals surface area contributed by atoms with Gasteiger partial charge >= 0.3 is 5.69 Å². The number of aromatic nitrogens is 2. The number of anilines is 1. The zero-order valence-corrected chi connectivity index (χ0v) is 18.3. The summed E-state index contributed by atoms with van der Waals surface area (Å²) in [6.45, 7) is 1.93. The maximum atomic E-state index is 13.4. The Labute approximate surface area is 184 Å². The van der Waals surface area contributed by atoms with E-state index in [1.807, 2.05) is 0 Å². The highest BCUT2D eigenvalue weighted by atomic mass is 32.2. The van der Waals surface area contributed by atoms with Crippen molar-refractivity contribution in [2.45, 2.75) is 11.8 Å². The Morgan fingerprint density at radius 2 is 1.66 bits per heavy atom. The van der Waals surface area contributed by atoms with Crippen molar-refractivity contribution in [1.29, 1.82) is 0 Å². The minimum atomic E-state index is -3.98. The maximum Gasteiger partial charge on any atom is 0.333 e. The predicted octanol–water partition coefficient (Wildman–Crippen LogP) is 2.90. The van der Waals surface area contributed by atoms with Crippen LogP contribution >= 0.6 is 0 Å². The number of H-pyrrole nitrogens is 1. The van der Waals surface area contributed by atoms with Gasteiger partial charge in [-0.05, 0) is 49.4 Å². The number of benzene rings is 3. The molecule has 164 valence electrons. The molecule has 4 aromatic rings. The van der Waals surface area contributed by atoms with Crippen molar-refractivity contribution in [2.24, 2.45) is 0 Å². The summed E-state index contributed by atoms with van der Waals surface area (Å²) in [5, 5.41) is 0.293. The molecule has 32 heavy (non-hydrogen) atoms. The molecule has 0 saturated heterocycles. The van der Waals surface area contributed by atoms with E-state index in [4.69, 9.17) is 4.74 Å². The van der Waals surface area contributed by atoms with Gasteiger partial charge < -0.3 is 9.72 Å². The van der Waals surface area contributed by atoms with E-state index >= 15 is 0 Å². The Balaban J connectivity index is 1.95. The van der Waals surface area contributed by atoms with Crippen molar-refractivity contribution in [1.82, 2.24) is 9.55 Å². The lowest BCUT2D eigenvalue weighted by atomic mass is 10.2. The molecule has 0 amide bonds. The number of para-hydroxylation sites is 2. The van der Waals surface area contributed by atoms with E-state index in [0.717, 1.165) is 4.57 Å². The number of ether oxygens (including phenoxy) is 1. The van der Waals surface area contributed by atoms with Crippen LogP contribution in [0.25, 0.3) is 16.6 Å². The van der Waals surface area contributed by atoms with Crippen LogP contribution in [0.5, 0.6) is 5.75 Å². The summed E-state index contributed by atoms with van der Waals surface area (Å²) in [6.07, 6.45) is 0. The van der Waals surface area contributed by atoms with Crippen molar-refractivity contribution >= 4 is 26.6 Å². The molecule has 0 aliphatic carbocycles. The van der Waals surface area contributed by atoms with Crippen LogP contribution in [0, 0.1) is 0 Å². The van der Waals surface area contributed by atoms with E-state index in [-0.39, 0.29) is 22.9 Å². The minimum Gasteiger partial charge on any atom is -0.495 e. The van der Waals surface area contributed by atoms with Crippen LogP contribution in [0.1, 0.15) is 6.92 Å². The highest BCUT2D eigenvalue weighted by Gasteiger charge is 2.26. The number of sulfonamides is 1. The molecular weight excluding hydrogens is 430 g/mol. The Bertz CT molecular complexity index is 1510. The molecule has 9 heteroatoms. The van der Waals surface area contributed by atoms with Crippen LogP contribution < -0.4 is 20.3 Å². The number of nitrogens with one attached hydrogen (secondary N) is 1. The first-order valence-electron chi connectivity index (χ1n) is 9.88. The topological polar surface area (TPSA) is 101 Å². The van der Waals surface area contributed by atoms with E-state index < -0.39 is 21.3 Å². The summed E-state index contributed by atoms with van der Waals surface area (Å²) < 4.78 is 34.4. The molecule has 0 aliphatic rings. The molecule has 1 aromatic heterocycles. The molecule has 0 spiro atoms. The number of rotatable bonds is 6. The van der Waals surface area contributed by atoms with Crippen LogP contribution in [-0.4, -0.2) is 31.6 Å². The van der Waals surface area contributed by atoms with E-state index in [1.165, 1.54) is 29.6 Å². The standard InChI is InChI=1S/C23H21N3O5S/c1-3-25(16-9-5-4-6-10-16)32(29,30)17-13-14-21(31-2)20(15-17)26-22(27)18-11-7-8-12-19(18)24-23(26)28/h4-15H,3H2,1-2H3,(H,24,28). The van der Waals surface area contributed by atoms with Crippen molar-refractivity contribution in [3.05, 3.63) is 93.6 Å². The van der Waals surface area contributed by atoms with Gasteiger partial charge in [0.2, 0.25) is 0 Å². The smallest absolute Gasteiger partial charge is 0.333 e. The van der Waals surface area contributed by atoms with E-state index in [2.05, 4.69) is 4.98 Å². The largest absolute Gasteiger partial charge is 0.495 e. The summed E-state index contributed by atoms with van der Waals surface area (Å²) in [6, 6.07) is 19.4. The Morgan fingerprint density at radius 3 is 2.34 bits per heavy atom. The zero-order valence-electron chi connectivity index (χ0n) is 17.5. The van der Waals surface area contributed by atoms with E-state index in [1.54, 1.807) is 61.5 Å². The molecule has 0 fully saturated rings. The van der Waals surface area contributed by atoms with Crippen LogP contribution in [0.3, 0.4) is 0 Å². The quantitative estimate of drug-likeness (QED) is 0.486. The average Bonchev–Trinajstić information content (AvgIpc) is 2.80. The van der Waals surface area contributed by atoms with Crippen molar-refractivity contribution < 1.29 is 13.2 Å². The molecule has 1 heterocycles. The summed E-state index contributed by atoms with van der Waals surface area (Å²) in [7, 11) is -2.59. The number of fused-ring (bicyclic) bond motifs is 1. The molecule has 0 saturated carbocycles. The molecule has 3 aromatic carbocycles. The van der Waals surface area contributed by atoms with Gasteiger partial charge in [0.25, 0.3) is 15.6 Å². The first-order chi connectivity index (χ1) is 15.4. The number of methoxy groups -OCH3 is 1. The average molecular weight is 452 g/mol. The molecule has 0 atom stereocenters. The minimum absolute atomic E-state index is 0.0368. The van der Waals surface area contributed by atoms with Gasteiger partial charge in [-0.15, -0.1) is 0 Å². The fourth-order valence-electron chi connectivity index (χ4n) is 3.60. The molecule has 8 nitrogen and oxygen atoms in total. The van der Waals surface area contributed by atoms with Crippen LogP contribution in [0.4, 0.5) is 5.69 Å². The summed E-state index contributed by atoms with van der Waals surface area (Å²) in [5.74, 6) is 0.189. The van der Waals surface area contributed by atoms with Crippen molar-refractivity contribution in [3.63, 3.8) is 0 Å². The second-order valence-corrected chi connectivity index (χ2v) is 8.82. The third kappa shape index (κ3) is 3.56. The van der Waals surface area contributed by atoms with Crippen LogP contribution in [0.2, 0.25) is 0 Å². The third-order valence-corrected chi connectivity index (χ3v) is 7.01. The molecule has 0 radical (unpaired) electrons. The second kappa shape index (κ2) is 8.35. The summed E-state index contributed by atoms with van der Waals surface area (Å²) in [4.78, 5) is 28.5. The lowest BCUT2D eigenvalue weighted by molar-refractivity contribution is 0.411. The lowest BCUT2D eigenvalue weighted by Gasteiger charge is -2.23. The van der Waals surface area contributed by atoms with E-state index in [9.17, 15) is 18.0 Å². The van der Waals surface area contributed by atoms with Gasteiger partial charge in [0.1, 0.15) is 5.75 Å². The molecule has 0 bridgehead atoms. The number of aromatic amines is 1. The predicted molar refractivity (Wildman–Crippen MR) is 123 cm³/mol. The third-order valence-electron chi connectivity index (χ3n) is 5.12. The SMILES string of the molecule is CCN(c1ccccc1)S(=O)(=O)c1ccc(OC)c(-n2c(=O)[nH]c3ccccc3c2=O)c1. The van der Waals surface area contributed by atoms with Crippen molar-refractivity contribution in [3.8, 4) is 11.4 Å². The van der Waals surface area contributed by atoms with Gasteiger partial charge in [0.15, 0.2) is 0 Å². The van der Waals surface area contributed by atoms with Crippen LogP contribution in [0.15, 0.2) is 87.3 Å². The van der Waals surface area contributed by atoms with Gasteiger partial charge in [0.05, 0.1) is 34.3 Å². The van der Waals surface area contributed by atoms with Gasteiger partial charge in [-0.3, -0.25) is 9.10 Å². The molecule has 0 unspecified atom stereocenters. The monoisotopic (exact) mass is 451 g/mol.